The van der Waals surface area contributed by atoms with E-state index < -0.39 is 0 Å². The first-order valence-corrected chi connectivity index (χ1v) is 8.00. The van der Waals surface area contributed by atoms with E-state index in [9.17, 15) is 0 Å². The van der Waals surface area contributed by atoms with Gasteiger partial charge in [0.2, 0.25) is 5.88 Å². The summed E-state index contributed by atoms with van der Waals surface area (Å²) in [6, 6.07) is 10.5. The predicted molar refractivity (Wildman–Crippen MR) is 92.8 cm³/mol. The van der Waals surface area contributed by atoms with Crippen LogP contribution in [0.25, 0.3) is 0 Å². The van der Waals surface area contributed by atoms with Gasteiger partial charge >= 0.3 is 0 Å². The Morgan fingerprint density at radius 2 is 2.00 bits per heavy atom. The third kappa shape index (κ3) is 3.65. The maximum absolute atomic E-state index is 5.43. The van der Waals surface area contributed by atoms with Crippen LogP contribution in [-0.4, -0.2) is 26.7 Å². The minimum atomic E-state index is 0.728. The zero-order chi connectivity index (χ0) is 16.9. The highest BCUT2D eigenvalue weighted by atomic mass is 16.5. The quantitative estimate of drug-likeness (QED) is 0.724. The first kappa shape index (κ1) is 16.3. The molecule has 0 fully saturated rings. The summed E-state index contributed by atoms with van der Waals surface area (Å²) in [6.07, 6.45) is 3.78. The molecule has 0 saturated heterocycles. The molecule has 6 nitrogen and oxygen atoms in total. The van der Waals surface area contributed by atoms with Gasteiger partial charge in [-0.15, -0.1) is 0 Å². The summed E-state index contributed by atoms with van der Waals surface area (Å²) >= 11 is 0. The number of aromatic nitrogens is 4. The summed E-state index contributed by atoms with van der Waals surface area (Å²) < 4.78 is 9.13. The molecular formula is C18H23N5O. The molecule has 24 heavy (non-hydrogen) atoms. The van der Waals surface area contributed by atoms with Crippen molar-refractivity contribution in [3.8, 4) is 5.88 Å². The molecule has 3 aromatic rings. The van der Waals surface area contributed by atoms with Crippen molar-refractivity contribution in [1.82, 2.24) is 24.9 Å². The lowest BCUT2D eigenvalue weighted by Crippen LogP contribution is -2.14. The lowest BCUT2D eigenvalue weighted by Gasteiger charge is -2.09. The third-order valence-corrected chi connectivity index (χ3v) is 4.01. The van der Waals surface area contributed by atoms with Gasteiger partial charge in [-0.3, -0.25) is 4.68 Å². The van der Waals surface area contributed by atoms with Gasteiger partial charge in [-0.2, -0.15) is 10.2 Å². The average molecular weight is 325 g/mol. The number of rotatable bonds is 7. The zero-order valence-electron chi connectivity index (χ0n) is 14.4. The van der Waals surface area contributed by atoms with Crippen molar-refractivity contribution in [2.45, 2.75) is 26.6 Å². The highest BCUT2D eigenvalue weighted by Gasteiger charge is 2.13. The fourth-order valence-electron chi connectivity index (χ4n) is 2.89. The van der Waals surface area contributed by atoms with Gasteiger partial charge in [0.05, 0.1) is 24.9 Å². The Labute approximate surface area is 142 Å². The van der Waals surface area contributed by atoms with E-state index in [1.54, 1.807) is 18.0 Å². The fourth-order valence-corrected chi connectivity index (χ4v) is 2.89. The third-order valence-electron chi connectivity index (χ3n) is 4.01. The number of nitrogens with one attached hydrogen (secondary N) is 1. The molecule has 0 amide bonds. The summed E-state index contributed by atoms with van der Waals surface area (Å²) in [5.41, 5.74) is 4.59. The molecule has 0 aliphatic rings. The van der Waals surface area contributed by atoms with Crippen molar-refractivity contribution in [3.63, 3.8) is 0 Å². The van der Waals surface area contributed by atoms with Gasteiger partial charge < -0.3 is 10.1 Å². The van der Waals surface area contributed by atoms with E-state index in [0.29, 0.717) is 0 Å². The number of ether oxygens (including phenoxy) is 1. The van der Waals surface area contributed by atoms with E-state index in [2.05, 4.69) is 39.8 Å². The standard InChI is InChI=1S/C18H23N5O/c1-14-17(18(24-3)22(2)21-14)12-19-11-15-6-4-7-16(10-15)13-23-9-5-8-20-23/h4-10,19H,11-13H2,1-3H3. The average Bonchev–Trinajstić information content (AvgIpc) is 3.16. The summed E-state index contributed by atoms with van der Waals surface area (Å²) in [7, 11) is 3.58. The van der Waals surface area contributed by atoms with E-state index >= 15 is 0 Å². The van der Waals surface area contributed by atoms with Crippen LogP contribution in [0.5, 0.6) is 5.88 Å². The van der Waals surface area contributed by atoms with E-state index in [-0.39, 0.29) is 0 Å². The highest BCUT2D eigenvalue weighted by Crippen LogP contribution is 2.20. The normalized spacial score (nSPS) is 11.0. The number of methoxy groups -OCH3 is 1. The van der Waals surface area contributed by atoms with Gasteiger partial charge in [0.25, 0.3) is 0 Å². The van der Waals surface area contributed by atoms with Gasteiger partial charge in [-0.05, 0) is 24.1 Å². The molecule has 0 saturated carbocycles. The van der Waals surface area contributed by atoms with Gasteiger partial charge in [-0.25, -0.2) is 4.68 Å². The first-order chi connectivity index (χ1) is 11.7. The molecule has 1 N–H and O–H groups in total. The largest absolute Gasteiger partial charge is 0.481 e. The van der Waals surface area contributed by atoms with Crippen LogP contribution in [0.4, 0.5) is 0 Å². The monoisotopic (exact) mass is 325 g/mol. The van der Waals surface area contributed by atoms with E-state index in [0.717, 1.165) is 36.8 Å². The number of hydrogen-bond donors (Lipinski definition) is 1. The Morgan fingerprint density at radius 3 is 2.75 bits per heavy atom. The molecule has 0 spiro atoms. The summed E-state index contributed by atoms with van der Waals surface area (Å²) in [4.78, 5) is 0. The number of nitrogens with zero attached hydrogens (tertiary/aromatic N) is 4. The maximum atomic E-state index is 5.43. The molecule has 0 unspecified atom stereocenters. The Kier molecular flexibility index (Phi) is 4.96. The van der Waals surface area contributed by atoms with Crippen molar-refractivity contribution < 1.29 is 4.74 Å². The molecule has 126 valence electrons. The van der Waals surface area contributed by atoms with Crippen LogP contribution in [0.3, 0.4) is 0 Å². The van der Waals surface area contributed by atoms with Crippen molar-refractivity contribution in [2.75, 3.05) is 7.11 Å². The number of aryl methyl sites for hydroxylation is 2. The summed E-state index contributed by atoms with van der Waals surface area (Å²) in [5.74, 6) is 0.812. The van der Waals surface area contributed by atoms with E-state index in [1.807, 2.05) is 30.9 Å². The second-order valence-electron chi connectivity index (χ2n) is 5.82. The number of benzene rings is 1. The van der Waals surface area contributed by atoms with Crippen molar-refractivity contribution >= 4 is 0 Å². The minimum absolute atomic E-state index is 0.728. The van der Waals surface area contributed by atoms with Gasteiger partial charge in [0.1, 0.15) is 0 Å². The van der Waals surface area contributed by atoms with Gasteiger partial charge in [0, 0.05) is 32.5 Å². The van der Waals surface area contributed by atoms with Gasteiger partial charge in [0.15, 0.2) is 0 Å². The molecule has 2 aromatic heterocycles. The van der Waals surface area contributed by atoms with Crippen LogP contribution >= 0.6 is 0 Å². The number of hydrogen-bond acceptors (Lipinski definition) is 4. The fraction of sp³-hybridized carbons (Fsp3) is 0.333. The Hall–Kier alpha value is -2.60. The topological polar surface area (TPSA) is 56.9 Å². The van der Waals surface area contributed by atoms with Crippen LogP contribution in [-0.2, 0) is 26.7 Å². The van der Waals surface area contributed by atoms with Crippen LogP contribution in [0, 0.1) is 6.92 Å². The molecule has 1 aromatic carbocycles. The lowest BCUT2D eigenvalue weighted by atomic mass is 10.1. The second-order valence-corrected chi connectivity index (χ2v) is 5.82. The molecule has 0 aliphatic carbocycles. The maximum Gasteiger partial charge on any atom is 0.216 e. The lowest BCUT2D eigenvalue weighted by molar-refractivity contribution is 0.368. The van der Waals surface area contributed by atoms with Gasteiger partial charge in [-0.1, -0.05) is 24.3 Å². The highest BCUT2D eigenvalue weighted by molar-refractivity contribution is 5.31. The van der Waals surface area contributed by atoms with Crippen LogP contribution in [0.1, 0.15) is 22.4 Å². The Morgan fingerprint density at radius 1 is 1.17 bits per heavy atom. The SMILES string of the molecule is COc1c(CNCc2cccc(Cn3cccn3)c2)c(C)nn1C. The summed E-state index contributed by atoms with van der Waals surface area (Å²) in [5, 5.41) is 12.1. The summed E-state index contributed by atoms with van der Waals surface area (Å²) in [6.45, 7) is 4.32. The molecule has 0 atom stereocenters. The molecular weight excluding hydrogens is 302 g/mol. The molecule has 6 heteroatoms. The second kappa shape index (κ2) is 7.31. The molecule has 0 radical (unpaired) electrons. The molecule has 0 aliphatic heterocycles. The van der Waals surface area contributed by atoms with Crippen molar-refractivity contribution in [1.29, 1.82) is 0 Å². The molecule has 3 rings (SSSR count). The Balaban J connectivity index is 1.61. The first-order valence-electron chi connectivity index (χ1n) is 8.00. The zero-order valence-corrected chi connectivity index (χ0v) is 14.4. The smallest absolute Gasteiger partial charge is 0.216 e. The Bertz CT molecular complexity index is 792. The predicted octanol–water partition coefficient (Wildman–Crippen LogP) is 2.27. The molecule has 0 bridgehead atoms. The van der Waals surface area contributed by atoms with Crippen LogP contribution in [0.2, 0.25) is 0 Å². The van der Waals surface area contributed by atoms with Crippen molar-refractivity contribution in [2.24, 2.45) is 7.05 Å². The minimum Gasteiger partial charge on any atom is -0.481 e. The van der Waals surface area contributed by atoms with Crippen LogP contribution in [0.15, 0.2) is 42.7 Å². The van der Waals surface area contributed by atoms with E-state index in [1.165, 1.54) is 11.1 Å². The van der Waals surface area contributed by atoms with Crippen molar-refractivity contribution in [3.05, 3.63) is 65.1 Å². The van der Waals surface area contributed by atoms with Crippen LogP contribution < -0.4 is 10.1 Å². The molecule has 2 heterocycles. The van der Waals surface area contributed by atoms with E-state index in [4.69, 9.17) is 4.74 Å².